The standard InChI is InChI=1S/C14H21FN2O2S/c1-3-17(9-11-5-4-6-11)20(18,19)13-8-12(16)7-10(2)14(13)15/h7-8,11H,3-6,9,16H2,1-2H3. The number of sulfonamides is 1. The second kappa shape index (κ2) is 5.69. The molecule has 1 fully saturated rings. The van der Waals surface area contributed by atoms with E-state index in [1.54, 1.807) is 6.92 Å². The van der Waals surface area contributed by atoms with Gasteiger partial charge in [-0.3, -0.25) is 0 Å². The lowest BCUT2D eigenvalue weighted by molar-refractivity contribution is 0.249. The number of nitrogens with zero attached hydrogens (tertiary/aromatic N) is 1. The summed E-state index contributed by atoms with van der Waals surface area (Å²) < 4.78 is 40.7. The molecule has 112 valence electrons. The van der Waals surface area contributed by atoms with Crippen LogP contribution in [-0.2, 0) is 10.0 Å². The number of anilines is 1. The molecule has 2 N–H and O–H groups in total. The van der Waals surface area contributed by atoms with Gasteiger partial charge in [0.05, 0.1) is 0 Å². The molecule has 0 aromatic heterocycles. The zero-order chi connectivity index (χ0) is 14.9. The summed E-state index contributed by atoms with van der Waals surface area (Å²) >= 11 is 0. The quantitative estimate of drug-likeness (QED) is 0.850. The minimum absolute atomic E-state index is 0.253. The van der Waals surface area contributed by atoms with E-state index in [2.05, 4.69) is 0 Å². The molecule has 20 heavy (non-hydrogen) atoms. The van der Waals surface area contributed by atoms with Crippen molar-refractivity contribution in [2.24, 2.45) is 5.92 Å². The summed E-state index contributed by atoms with van der Waals surface area (Å²) in [5, 5.41) is 0. The molecule has 2 rings (SSSR count). The fourth-order valence-corrected chi connectivity index (χ4v) is 4.15. The predicted octanol–water partition coefficient (Wildman–Crippen LogP) is 2.53. The van der Waals surface area contributed by atoms with Gasteiger partial charge in [-0.1, -0.05) is 13.3 Å². The number of hydrogen-bond acceptors (Lipinski definition) is 3. The van der Waals surface area contributed by atoms with Gasteiger partial charge in [0, 0.05) is 18.8 Å². The number of aryl methyl sites for hydroxylation is 1. The molecule has 1 aliphatic rings. The Hall–Kier alpha value is -1.14. The van der Waals surface area contributed by atoms with Gasteiger partial charge in [-0.15, -0.1) is 0 Å². The molecule has 1 aromatic rings. The van der Waals surface area contributed by atoms with E-state index in [-0.39, 0.29) is 16.1 Å². The SMILES string of the molecule is CCN(CC1CCC1)S(=O)(=O)c1cc(N)cc(C)c1F. The Bertz CT molecular complexity index is 597. The summed E-state index contributed by atoms with van der Waals surface area (Å²) in [5.74, 6) is -0.304. The Labute approximate surface area is 119 Å². The first-order valence-electron chi connectivity index (χ1n) is 6.92. The summed E-state index contributed by atoms with van der Waals surface area (Å²) in [6, 6.07) is 2.65. The molecular weight excluding hydrogens is 279 g/mol. The average Bonchev–Trinajstić information content (AvgIpc) is 2.32. The van der Waals surface area contributed by atoms with Crippen LogP contribution in [0.4, 0.5) is 10.1 Å². The maximum absolute atomic E-state index is 14.1. The maximum atomic E-state index is 14.1. The smallest absolute Gasteiger partial charge is 0.246 e. The number of halogens is 1. The van der Waals surface area contributed by atoms with E-state index in [0.717, 1.165) is 19.3 Å². The highest BCUT2D eigenvalue weighted by atomic mass is 32.2. The highest BCUT2D eigenvalue weighted by Gasteiger charge is 2.31. The van der Waals surface area contributed by atoms with Gasteiger partial charge in [0.2, 0.25) is 10.0 Å². The predicted molar refractivity (Wildman–Crippen MR) is 77.3 cm³/mol. The van der Waals surface area contributed by atoms with Crippen molar-refractivity contribution in [3.05, 3.63) is 23.5 Å². The minimum atomic E-state index is -3.82. The van der Waals surface area contributed by atoms with E-state index < -0.39 is 15.8 Å². The molecule has 6 heteroatoms. The van der Waals surface area contributed by atoms with Crippen LogP contribution in [0, 0.1) is 18.7 Å². The average molecular weight is 300 g/mol. The Morgan fingerprint density at radius 3 is 2.55 bits per heavy atom. The molecule has 0 unspecified atom stereocenters. The van der Waals surface area contributed by atoms with Crippen molar-refractivity contribution in [3.8, 4) is 0 Å². The summed E-state index contributed by atoms with van der Waals surface area (Å²) in [7, 11) is -3.82. The van der Waals surface area contributed by atoms with E-state index in [4.69, 9.17) is 5.73 Å². The summed E-state index contributed by atoms with van der Waals surface area (Å²) in [6.45, 7) is 4.10. The fourth-order valence-electron chi connectivity index (χ4n) is 2.45. The van der Waals surface area contributed by atoms with Crippen molar-refractivity contribution in [1.82, 2.24) is 4.31 Å². The van der Waals surface area contributed by atoms with E-state index in [0.29, 0.717) is 19.0 Å². The molecular formula is C14H21FN2O2S. The first kappa shape index (κ1) is 15.3. The Kier molecular flexibility index (Phi) is 4.34. The van der Waals surface area contributed by atoms with Gasteiger partial charge < -0.3 is 5.73 Å². The van der Waals surface area contributed by atoms with E-state index in [9.17, 15) is 12.8 Å². The van der Waals surface area contributed by atoms with Gasteiger partial charge >= 0.3 is 0 Å². The number of hydrogen-bond donors (Lipinski definition) is 1. The first-order chi connectivity index (χ1) is 9.36. The van der Waals surface area contributed by atoms with Crippen molar-refractivity contribution < 1.29 is 12.8 Å². The molecule has 1 aliphatic carbocycles. The lowest BCUT2D eigenvalue weighted by Gasteiger charge is -2.31. The molecule has 4 nitrogen and oxygen atoms in total. The molecule has 0 heterocycles. The Morgan fingerprint density at radius 2 is 2.05 bits per heavy atom. The van der Waals surface area contributed by atoms with Crippen LogP contribution in [0.1, 0.15) is 31.7 Å². The summed E-state index contributed by atoms with van der Waals surface area (Å²) in [4.78, 5) is -0.309. The van der Waals surface area contributed by atoms with Gasteiger partial charge in [-0.05, 0) is 43.4 Å². The third-order valence-electron chi connectivity index (χ3n) is 3.90. The van der Waals surface area contributed by atoms with Crippen molar-refractivity contribution in [1.29, 1.82) is 0 Å². The normalized spacial score (nSPS) is 16.4. The van der Waals surface area contributed by atoms with Crippen LogP contribution < -0.4 is 5.73 Å². The van der Waals surface area contributed by atoms with Crippen molar-refractivity contribution in [2.45, 2.75) is 38.0 Å². The topological polar surface area (TPSA) is 63.4 Å². The second-order valence-electron chi connectivity index (χ2n) is 5.40. The Morgan fingerprint density at radius 1 is 1.40 bits per heavy atom. The minimum Gasteiger partial charge on any atom is -0.399 e. The zero-order valence-electron chi connectivity index (χ0n) is 11.9. The zero-order valence-corrected chi connectivity index (χ0v) is 12.7. The van der Waals surface area contributed by atoms with Crippen LogP contribution in [0.15, 0.2) is 17.0 Å². The Balaban J connectivity index is 2.37. The van der Waals surface area contributed by atoms with E-state index in [1.165, 1.54) is 23.4 Å². The number of rotatable bonds is 5. The van der Waals surface area contributed by atoms with Crippen LogP contribution in [0.3, 0.4) is 0 Å². The fraction of sp³-hybridized carbons (Fsp3) is 0.571. The van der Waals surface area contributed by atoms with Crippen LogP contribution in [0.25, 0.3) is 0 Å². The highest BCUT2D eigenvalue weighted by molar-refractivity contribution is 7.89. The molecule has 0 spiro atoms. The molecule has 0 saturated heterocycles. The van der Waals surface area contributed by atoms with Crippen molar-refractivity contribution in [3.63, 3.8) is 0 Å². The van der Waals surface area contributed by atoms with Crippen LogP contribution in [0.2, 0.25) is 0 Å². The maximum Gasteiger partial charge on any atom is 0.246 e. The number of nitrogens with two attached hydrogens (primary N) is 1. The van der Waals surface area contributed by atoms with Crippen molar-refractivity contribution in [2.75, 3.05) is 18.8 Å². The number of benzene rings is 1. The molecule has 1 aromatic carbocycles. The van der Waals surface area contributed by atoms with E-state index in [1.807, 2.05) is 0 Å². The summed E-state index contributed by atoms with van der Waals surface area (Å²) in [6.07, 6.45) is 3.24. The third kappa shape index (κ3) is 2.81. The lowest BCUT2D eigenvalue weighted by Crippen LogP contribution is -2.37. The van der Waals surface area contributed by atoms with Crippen LogP contribution >= 0.6 is 0 Å². The van der Waals surface area contributed by atoms with Gasteiger partial charge in [0.25, 0.3) is 0 Å². The van der Waals surface area contributed by atoms with Gasteiger partial charge in [0.1, 0.15) is 10.7 Å². The molecule has 0 radical (unpaired) electrons. The molecule has 0 aliphatic heterocycles. The van der Waals surface area contributed by atoms with Gasteiger partial charge in [-0.2, -0.15) is 4.31 Å². The first-order valence-corrected chi connectivity index (χ1v) is 8.36. The van der Waals surface area contributed by atoms with Crippen LogP contribution in [-0.4, -0.2) is 25.8 Å². The third-order valence-corrected chi connectivity index (χ3v) is 5.84. The molecule has 0 amide bonds. The molecule has 0 bridgehead atoms. The number of nitrogen functional groups attached to an aromatic ring is 1. The van der Waals surface area contributed by atoms with Gasteiger partial charge in [-0.25, -0.2) is 12.8 Å². The lowest BCUT2D eigenvalue weighted by atomic mass is 9.85. The largest absolute Gasteiger partial charge is 0.399 e. The highest BCUT2D eigenvalue weighted by Crippen LogP contribution is 2.30. The van der Waals surface area contributed by atoms with Crippen LogP contribution in [0.5, 0.6) is 0 Å². The van der Waals surface area contributed by atoms with Gasteiger partial charge in [0.15, 0.2) is 0 Å². The second-order valence-corrected chi connectivity index (χ2v) is 7.31. The molecule has 1 saturated carbocycles. The summed E-state index contributed by atoms with van der Waals surface area (Å²) in [5.41, 5.74) is 6.17. The van der Waals surface area contributed by atoms with Crippen molar-refractivity contribution >= 4 is 15.7 Å². The monoisotopic (exact) mass is 300 g/mol. The van der Waals surface area contributed by atoms with E-state index >= 15 is 0 Å². The molecule has 0 atom stereocenters.